The number of amides is 1. The number of hydrogen-bond acceptors (Lipinski definition) is 3. The van der Waals surface area contributed by atoms with Crippen molar-refractivity contribution in [2.75, 3.05) is 10.6 Å². The van der Waals surface area contributed by atoms with Crippen LogP contribution in [0.3, 0.4) is 0 Å². The summed E-state index contributed by atoms with van der Waals surface area (Å²) in [5.41, 5.74) is 4.08. The lowest BCUT2D eigenvalue weighted by atomic mass is 9.87. The summed E-state index contributed by atoms with van der Waals surface area (Å²) in [6, 6.07) is 17.7. The Balaban J connectivity index is 1.99. The van der Waals surface area contributed by atoms with Gasteiger partial charge >= 0.3 is 0 Å². The van der Waals surface area contributed by atoms with Crippen LogP contribution < -0.4 is 10.6 Å². The molecule has 0 fully saturated rings. The molecule has 0 atom stereocenters. The number of unbranched alkanes of at least 4 members (excludes halogenated alkanes) is 1. The van der Waals surface area contributed by atoms with E-state index in [4.69, 9.17) is 0 Å². The summed E-state index contributed by atoms with van der Waals surface area (Å²) in [7, 11) is 0. The highest BCUT2D eigenvalue weighted by molar-refractivity contribution is 6.06. The summed E-state index contributed by atoms with van der Waals surface area (Å²) in [6.45, 7) is 8.63. The van der Waals surface area contributed by atoms with Gasteiger partial charge in [0.05, 0.1) is 0 Å². The maximum Gasteiger partial charge on any atom is 0.267 e. The predicted molar refractivity (Wildman–Crippen MR) is 116 cm³/mol. The summed E-state index contributed by atoms with van der Waals surface area (Å²) in [4.78, 5) is 12.4. The molecule has 0 aliphatic rings. The molecule has 146 valence electrons. The van der Waals surface area contributed by atoms with Crippen LogP contribution in [0.15, 0.2) is 60.3 Å². The van der Waals surface area contributed by atoms with Crippen molar-refractivity contribution in [3.05, 3.63) is 71.4 Å². The lowest BCUT2D eigenvalue weighted by Crippen LogP contribution is -2.14. The van der Waals surface area contributed by atoms with Crippen LogP contribution in [0, 0.1) is 11.3 Å². The smallest absolute Gasteiger partial charge is 0.267 e. The SMILES string of the molecule is CCCCc1ccc(NC(=O)/C(C#N)=C\Nc2ccc(C(C)(C)C)cc2)cc1. The van der Waals surface area contributed by atoms with Crippen molar-refractivity contribution in [2.45, 2.75) is 52.4 Å². The Bertz CT molecular complexity index is 851. The standard InChI is InChI=1S/C24H29N3O/c1-5-6-7-18-8-12-22(13-9-18)27-23(28)19(16-25)17-26-21-14-10-20(11-15-21)24(2,3)4/h8-15,17,26H,5-7H2,1-4H3,(H,27,28)/b19-17-. The summed E-state index contributed by atoms with van der Waals surface area (Å²) in [6.07, 6.45) is 4.78. The van der Waals surface area contributed by atoms with Crippen molar-refractivity contribution < 1.29 is 4.79 Å². The lowest BCUT2D eigenvalue weighted by Gasteiger charge is -2.19. The second-order valence-electron chi connectivity index (χ2n) is 7.90. The molecule has 2 aromatic carbocycles. The highest BCUT2D eigenvalue weighted by Crippen LogP contribution is 2.23. The van der Waals surface area contributed by atoms with E-state index >= 15 is 0 Å². The van der Waals surface area contributed by atoms with E-state index in [0.717, 1.165) is 24.9 Å². The van der Waals surface area contributed by atoms with Gasteiger partial charge in [0.25, 0.3) is 5.91 Å². The van der Waals surface area contributed by atoms with E-state index in [0.29, 0.717) is 5.69 Å². The molecule has 0 bridgehead atoms. The van der Waals surface area contributed by atoms with Crippen molar-refractivity contribution in [3.63, 3.8) is 0 Å². The molecule has 0 saturated heterocycles. The fraction of sp³-hybridized carbons (Fsp3) is 0.333. The van der Waals surface area contributed by atoms with Crippen molar-refractivity contribution >= 4 is 17.3 Å². The Labute approximate surface area is 168 Å². The van der Waals surface area contributed by atoms with E-state index < -0.39 is 5.91 Å². The first kappa shape index (κ1) is 21.2. The average Bonchev–Trinajstić information content (AvgIpc) is 2.67. The van der Waals surface area contributed by atoms with Gasteiger partial charge in [-0.05, 0) is 53.6 Å². The topological polar surface area (TPSA) is 64.9 Å². The molecule has 0 radical (unpaired) electrons. The zero-order valence-corrected chi connectivity index (χ0v) is 17.2. The van der Waals surface area contributed by atoms with Crippen LogP contribution >= 0.6 is 0 Å². The molecular weight excluding hydrogens is 346 g/mol. The number of rotatable bonds is 7. The lowest BCUT2D eigenvalue weighted by molar-refractivity contribution is -0.112. The number of hydrogen-bond donors (Lipinski definition) is 2. The minimum Gasteiger partial charge on any atom is -0.360 e. The van der Waals surface area contributed by atoms with Crippen LogP contribution in [0.5, 0.6) is 0 Å². The van der Waals surface area contributed by atoms with Gasteiger partial charge < -0.3 is 10.6 Å². The molecule has 1 amide bonds. The number of nitrogens with one attached hydrogen (secondary N) is 2. The van der Waals surface area contributed by atoms with E-state index in [1.807, 2.05) is 54.6 Å². The van der Waals surface area contributed by atoms with Crippen LogP contribution in [0.4, 0.5) is 11.4 Å². The number of benzene rings is 2. The van der Waals surface area contributed by atoms with Gasteiger partial charge in [0, 0.05) is 17.6 Å². The molecule has 0 aliphatic carbocycles. The number of carbonyl (C=O) groups excluding carboxylic acids is 1. The molecule has 0 aromatic heterocycles. The van der Waals surface area contributed by atoms with Crippen molar-refractivity contribution in [1.82, 2.24) is 0 Å². The molecular formula is C24H29N3O. The summed E-state index contributed by atoms with van der Waals surface area (Å²) in [5, 5.41) is 15.1. The van der Waals surface area contributed by atoms with E-state index in [-0.39, 0.29) is 11.0 Å². The third-order valence-corrected chi connectivity index (χ3v) is 4.53. The maximum atomic E-state index is 12.4. The Morgan fingerprint density at radius 2 is 1.64 bits per heavy atom. The number of nitriles is 1. The molecule has 0 heterocycles. The van der Waals surface area contributed by atoms with Gasteiger partial charge in [0.2, 0.25) is 0 Å². The minimum atomic E-state index is -0.428. The molecule has 0 aliphatic heterocycles. The third-order valence-electron chi connectivity index (χ3n) is 4.53. The monoisotopic (exact) mass is 375 g/mol. The van der Waals surface area contributed by atoms with Crippen molar-refractivity contribution in [3.8, 4) is 6.07 Å². The number of aryl methyl sites for hydroxylation is 1. The molecule has 2 rings (SSSR count). The second kappa shape index (κ2) is 9.75. The van der Waals surface area contributed by atoms with Gasteiger partial charge in [0.15, 0.2) is 0 Å². The molecule has 0 saturated carbocycles. The Kier molecular flexibility index (Phi) is 7.40. The van der Waals surface area contributed by atoms with Crippen molar-refractivity contribution in [2.24, 2.45) is 0 Å². The fourth-order valence-electron chi connectivity index (χ4n) is 2.70. The molecule has 28 heavy (non-hydrogen) atoms. The second-order valence-corrected chi connectivity index (χ2v) is 7.90. The molecule has 4 heteroatoms. The van der Waals surface area contributed by atoms with Gasteiger partial charge in [-0.1, -0.05) is 58.4 Å². The van der Waals surface area contributed by atoms with Crippen molar-refractivity contribution in [1.29, 1.82) is 5.26 Å². The zero-order valence-electron chi connectivity index (χ0n) is 17.2. The van der Waals surface area contributed by atoms with Crippen LogP contribution in [0.2, 0.25) is 0 Å². The number of nitrogens with zero attached hydrogens (tertiary/aromatic N) is 1. The number of carbonyl (C=O) groups is 1. The average molecular weight is 376 g/mol. The summed E-state index contributed by atoms with van der Waals surface area (Å²) < 4.78 is 0. The third kappa shape index (κ3) is 6.28. The van der Waals surface area contributed by atoms with Gasteiger partial charge in [-0.15, -0.1) is 0 Å². The molecule has 4 nitrogen and oxygen atoms in total. The van der Waals surface area contributed by atoms with E-state index in [1.165, 1.54) is 17.3 Å². The van der Waals surface area contributed by atoms with Crippen LogP contribution in [0.1, 0.15) is 51.7 Å². The quantitative estimate of drug-likeness (QED) is 0.476. The van der Waals surface area contributed by atoms with E-state index in [2.05, 4.69) is 38.3 Å². The maximum absolute atomic E-state index is 12.4. The predicted octanol–water partition coefficient (Wildman–Crippen LogP) is 5.78. The van der Waals surface area contributed by atoms with Gasteiger partial charge in [0.1, 0.15) is 11.6 Å². The fourth-order valence-corrected chi connectivity index (χ4v) is 2.70. The van der Waals surface area contributed by atoms with Crippen LogP contribution in [-0.2, 0) is 16.6 Å². The number of anilines is 2. The molecule has 0 spiro atoms. The Morgan fingerprint density at radius 1 is 1.04 bits per heavy atom. The Morgan fingerprint density at radius 3 is 2.18 bits per heavy atom. The largest absolute Gasteiger partial charge is 0.360 e. The van der Waals surface area contributed by atoms with Crippen LogP contribution in [-0.4, -0.2) is 5.91 Å². The van der Waals surface area contributed by atoms with Gasteiger partial charge in [-0.3, -0.25) is 4.79 Å². The molecule has 2 N–H and O–H groups in total. The minimum absolute atomic E-state index is 0.0231. The first-order valence-corrected chi connectivity index (χ1v) is 9.71. The summed E-state index contributed by atoms with van der Waals surface area (Å²) in [5.74, 6) is -0.428. The van der Waals surface area contributed by atoms with Gasteiger partial charge in [-0.2, -0.15) is 5.26 Å². The Hall–Kier alpha value is -3.06. The highest BCUT2D eigenvalue weighted by Gasteiger charge is 2.13. The highest BCUT2D eigenvalue weighted by atomic mass is 16.1. The normalized spacial score (nSPS) is 11.6. The molecule has 2 aromatic rings. The summed E-state index contributed by atoms with van der Waals surface area (Å²) >= 11 is 0. The first-order valence-electron chi connectivity index (χ1n) is 9.71. The van der Waals surface area contributed by atoms with Crippen LogP contribution in [0.25, 0.3) is 0 Å². The molecule has 0 unspecified atom stereocenters. The van der Waals surface area contributed by atoms with E-state index in [9.17, 15) is 10.1 Å². The zero-order chi connectivity index (χ0) is 20.6. The van der Waals surface area contributed by atoms with E-state index in [1.54, 1.807) is 0 Å². The first-order chi connectivity index (χ1) is 13.3. The van der Waals surface area contributed by atoms with Gasteiger partial charge in [-0.25, -0.2) is 0 Å².